The number of allylic oxidation sites excluding steroid dienone is 8. The van der Waals surface area contributed by atoms with Crippen LogP contribution in [0.1, 0.15) is 30.2 Å². The SMILES string of the molecule is C1=CC2C3=C(C=CCC3)c3oc(-c4ccc(-c5cc6c(-c7ccc(-c8ccccc8)cc7)cc(-c7ccc(-c8ccccc8)cc7)nc6c6ccccc56)cc4)nc3C2C=C1. The van der Waals surface area contributed by atoms with Crippen LogP contribution < -0.4 is 0 Å². The van der Waals surface area contributed by atoms with Crippen LogP contribution in [-0.4, -0.2) is 9.97 Å². The summed E-state index contributed by atoms with van der Waals surface area (Å²) in [7, 11) is 0. The van der Waals surface area contributed by atoms with Crippen LogP contribution in [0.2, 0.25) is 0 Å². The molecule has 0 fully saturated rings. The molecule has 2 heterocycles. The van der Waals surface area contributed by atoms with Crippen molar-refractivity contribution in [2.45, 2.75) is 18.8 Å². The second-order valence-electron chi connectivity index (χ2n) is 16.3. The largest absolute Gasteiger partial charge is 0.436 e. The quantitative estimate of drug-likeness (QED) is 0.158. The molecule has 0 saturated heterocycles. The van der Waals surface area contributed by atoms with Gasteiger partial charge in [0.25, 0.3) is 0 Å². The van der Waals surface area contributed by atoms with Crippen molar-refractivity contribution >= 4 is 27.2 Å². The molecule has 3 nitrogen and oxygen atoms in total. The lowest BCUT2D eigenvalue weighted by atomic mass is 9.71. The van der Waals surface area contributed by atoms with E-state index in [4.69, 9.17) is 14.4 Å². The molecule has 3 heteroatoms. The van der Waals surface area contributed by atoms with Crippen molar-refractivity contribution in [3.05, 3.63) is 223 Å². The highest BCUT2D eigenvalue weighted by Crippen LogP contribution is 2.50. The molecule has 9 aromatic rings. The van der Waals surface area contributed by atoms with Gasteiger partial charge in [0.1, 0.15) is 0 Å². The molecule has 0 saturated carbocycles. The summed E-state index contributed by atoms with van der Waals surface area (Å²) in [6.45, 7) is 0. The minimum absolute atomic E-state index is 0.206. The maximum atomic E-state index is 6.68. The Morgan fingerprint density at radius 2 is 1.00 bits per heavy atom. The maximum absolute atomic E-state index is 6.68. The Morgan fingerprint density at radius 1 is 0.459 bits per heavy atom. The Bertz CT molecular complexity index is 3260. The minimum Gasteiger partial charge on any atom is -0.436 e. The van der Waals surface area contributed by atoms with Crippen molar-refractivity contribution in [3.8, 4) is 67.2 Å². The van der Waals surface area contributed by atoms with Crippen molar-refractivity contribution in [3.63, 3.8) is 0 Å². The van der Waals surface area contributed by atoms with E-state index in [9.17, 15) is 0 Å². The van der Waals surface area contributed by atoms with E-state index in [0.29, 0.717) is 11.8 Å². The predicted octanol–water partition coefficient (Wildman–Crippen LogP) is 15.3. The lowest BCUT2D eigenvalue weighted by Crippen LogP contribution is -2.21. The fourth-order valence-electron chi connectivity index (χ4n) is 9.73. The molecule has 7 aromatic carbocycles. The number of pyridine rings is 1. The monoisotopic (exact) mass is 780 g/mol. The van der Waals surface area contributed by atoms with E-state index in [1.165, 1.54) is 33.4 Å². The van der Waals surface area contributed by atoms with Gasteiger partial charge in [-0.2, -0.15) is 0 Å². The van der Waals surface area contributed by atoms with Gasteiger partial charge < -0.3 is 4.42 Å². The topological polar surface area (TPSA) is 38.9 Å². The Labute approximate surface area is 355 Å². The first-order valence-corrected chi connectivity index (χ1v) is 21.3. The molecule has 0 amide bonds. The van der Waals surface area contributed by atoms with E-state index in [2.05, 4.69) is 206 Å². The third-order valence-corrected chi connectivity index (χ3v) is 12.8. The molecule has 288 valence electrons. The zero-order chi connectivity index (χ0) is 40.3. The van der Waals surface area contributed by atoms with E-state index in [0.717, 1.165) is 85.0 Å². The molecule has 2 atom stereocenters. The van der Waals surface area contributed by atoms with Crippen LogP contribution in [-0.2, 0) is 0 Å². The summed E-state index contributed by atoms with van der Waals surface area (Å²) in [4.78, 5) is 10.7. The normalized spacial score (nSPS) is 16.5. The highest BCUT2D eigenvalue weighted by Gasteiger charge is 2.37. The summed E-state index contributed by atoms with van der Waals surface area (Å²) >= 11 is 0. The lowest BCUT2D eigenvalue weighted by molar-refractivity contribution is 0.536. The van der Waals surface area contributed by atoms with Crippen molar-refractivity contribution in [1.29, 1.82) is 0 Å². The number of rotatable bonds is 6. The summed E-state index contributed by atoms with van der Waals surface area (Å²) in [5, 5.41) is 3.40. The van der Waals surface area contributed by atoms with E-state index < -0.39 is 0 Å². The summed E-state index contributed by atoms with van der Waals surface area (Å²) in [6, 6.07) is 60.9. The third kappa shape index (κ3) is 6.12. The van der Waals surface area contributed by atoms with Gasteiger partial charge in [-0.3, -0.25) is 0 Å². The average molecular weight is 781 g/mol. The number of hydrogen-bond acceptors (Lipinski definition) is 3. The number of aromatic nitrogens is 2. The second-order valence-corrected chi connectivity index (χ2v) is 16.3. The van der Waals surface area contributed by atoms with Gasteiger partial charge in [-0.25, -0.2) is 9.97 Å². The summed E-state index contributed by atoms with van der Waals surface area (Å²) in [5.74, 6) is 2.15. The Kier molecular flexibility index (Phi) is 8.45. The molecule has 3 aliphatic rings. The van der Waals surface area contributed by atoms with E-state index in [1.54, 1.807) is 0 Å². The van der Waals surface area contributed by atoms with Crippen molar-refractivity contribution in [2.75, 3.05) is 0 Å². The van der Waals surface area contributed by atoms with E-state index in [1.807, 2.05) is 0 Å². The van der Waals surface area contributed by atoms with Gasteiger partial charge in [0.05, 0.1) is 16.9 Å². The van der Waals surface area contributed by atoms with Crippen LogP contribution in [0.15, 0.2) is 216 Å². The standard InChI is InChI=1S/C58H40N2O/c1-3-13-37(14-4-1)39-23-27-42(28-24-39)52-36-54(43-31-25-40(26-32-43)38-15-5-2-6-16-38)59-55-48-20-10-8-19-47(48)51(35-53(52)55)41-29-33-44(34-30-41)58-60-56-49-21-11-7-17-45(49)46-18-9-12-22-50(46)57(56)61-58/h1-8,10-17,19-36,45,49H,9,18H2. The fraction of sp³-hybridized carbons (Fsp3) is 0.0690. The highest BCUT2D eigenvalue weighted by molar-refractivity contribution is 6.16. The zero-order valence-electron chi connectivity index (χ0n) is 33.5. The van der Waals surface area contributed by atoms with Crippen molar-refractivity contribution < 1.29 is 4.42 Å². The average Bonchev–Trinajstić information content (AvgIpc) is 3.81. The maximum Gasteiger partial charge on any atom is 0.227 e. The number of nitrogens with zero attached hydrogens (tertiary/aromatic N) is 2. The van der Waals surface area contributed by atoms with Crippen LogP contribution in [0.5, 0.6) is 0 Å². The van der Waals surface area contributed by atoms with Crippen LogP contribution in [0.4, 0.5) is 0 Å². The number of hydrogen-bond donors (Lipinski definition) is 0. The molecule has 3 aliphatic carbocycles. The molecule has 0 bridgehead atoms. The molecule has 0 aliphatic heterocycles. The summed E-state index contributed by atoms with van der Waals surface area (Å²) < 4.78 is 6.68. The van der Waals surface area contributed by atoms with Gasteiger partial charge in [-0.1, -0.05) is 188 Å². The molecular formula is C58H40N2O. The Balaban J connectivity index is 0.983. The van der Waals surface area contributed by atoms with Gasteiger partial charge in [0.2, 0.25) is 5.89 Å². The van der Waals surface area contributed by atoms with Gasteiger partial charge in [-0.15, -0.1) is 0 Å². The molecule has 2 unspecified atom stereocenters. The molecular weight excluding hydrogens is 741 g/mol. The van der Waals surface area contributed by atoms with Crippen molar-refractivity contribution in [1.82, 2.24) is 9.97 Å². The van der Waals surface area contributed by atoms with Gasteiger partial charge in [0, 0.05) is 39.3 Å². The smallest absolute Gasteiger partial charge is 0.227 e. The van der Waals surface area contributed by atoms with Crippen LogP contribution in [0.25, 0.3) is 94.5 Å². The molecule has 61 heavy (non-hydrogen) atoms. The van der Waals surface area contributed by atoms with Crippen LogP contribution >= 0.6 is 0 Å². The Hall–Kier alpha value is -7.62. The summed E-state index contributed by atoms with van der Waals surface area (Å²) in [6.07, 6.45) is 15.6. The number of benzene rings is 7. The lowest BCUT2D eigenvalue weighted by Gasteiger charge is -2.32. The molecule has 0 radical (unpaired) electrons. The Morgan fingerprint density at radius 3 is 1.67 bits per heavy atom. The number of fused-ring (bicyclic) bond motifs is 8. The van der Waals surface area contributed by atoms with Gasteiger partial charge >= 0.3 is 0 Å². The first kappa shape index (κ1) is 35.3. The first-order chi connectivity index (χ1) is 30.2. The fourth-order valence-corrected chi connectivity index (χ4v) is 9.73. The van der Waals surface area contributed by atoms with E-state index >= 15 is 0 Å². The molecule has 2 aromatic heterocycles. The van der Waals surface area contributed by atoms with Crippen LogP contribution in [0.3, 0.4) is 0 Å². The zero-order valence-corrected chi connectivity index (χ0v) is 33.5. The van der Waals surface area contributed by atoms with Crippen LogP contribution in [0, 0.1) is 5.92 Å². The first-order valence-electron chi connectivity index (χ1n) is 21.3. The van der Waals surface area contributed by atoms with Gasteiger partial charge in [-0.05, 0) is 87.0 Å². The molecule has 12 rings (SSSR count). The summed E-state index contributed by atoms with van der Waals surface area (Å²) in [5.41, 5.74) is 17.1. The predicted molar refractivity (Wildman–Crippen MR) is 252 cm³/mol. The highest BCUT2D eigenvalue weighted by atomic mass is 16.4. The number of oxazole rings is 1. The third-order valence-electron chi connectivity index (χ3n) is 12.8. The van der Waals surface area contributed by atoms with Gasteiger partial charge in [0.15, 0.2) is 5.76 Å². The second kappa shape index (κ2) is 14.6. The molecule has 0 spiro atoms. The minimum atomic E-state index is 0.206. The van der Waals surface area contributed by atoms with Crippen molar-refractivity contribution in [2.24, 2.45) is 5.92 Å². The van der Waals surface area contributed by atoms with E-state index in [-0.39, 0.29) is 5.92 Å². The molecule has 0 N–H and O–H groups in total.